The number of guanidine groups is 1. The van der Waals surface area contributed by atoms with E-state index in [1.54, 1.807) is 0 Å². The van der Waals surface area contributed by atoms with Crippen LogP contribution in [0.1, 0.15) is 48.0 Å². The van der Waals surface area contributed by atoms with Gasteiger partial charge >= 0.3 is 5.97 Å². The number of esters is 1. The maximum atomic E-state index is 11.4. The van der Waals surface area contributed by atoms with Crippen molar-refractivity contribution in [2.45, 2.75) is 60.0 Å². The van der Waals surface area contributed by atoms with Crippen molar-refractivity contribution in [1.29, 1.82) is 0 Å². The monoisotopic (exact) mass is 328 g/mol. The van der Waals surface area contributed by atoms with E-state index in [4.69, 9.17) is 4.74 Å². The molecule has 2 N–H and O–H groups in total. The van der Waals surface area contributed by atoms with Gasteiger partial charge in [-0.1, -0.05) is 6.92 Å². The number of nitrogens with one attached hydrogen (secondary N) is 2. The molecule has 0 aromatic carbocycles. The zero-order valence-corrected chi connectivity index (χ0v) is 16.0. The molecular weight excluding hydrogens is 292 g/mol. The van der Waals surface area contributed by atoms with Gasteiger partial charge in [0.15, 0.2) is 5.96 Å². The maximum Gasteiger partial charge on any atom is 0.310 e. The van der Waals surface area contributed by atoms with Gasteiger partial charge in [-0.3, -0.25) is 14.7 Å². The lowest BCUT2D eigenvalue weighted by Gasteiger charge is -2.30. The van der Waals surface area contributed by atoms with Gasteiger partial charge in [-0.2, -0.15) is 0 Å². The first-order valence-electron chi connectivity index (χ1n) is 8.69. The zero-order chi connectivity index (χ0) is 17.8. The molecule has 1 atom stereocenters. The first-order chi connectivity index (χ1) is 10.8. The molecule has 0 rings (SSSR count). The molecule has 0 aliphatic rings. The van der Waals surface area contributed by atoms with E-state index < -0.39 is 0 Å². The fraction of sp³-hybridized carbons (Fsp3) is 0.882. The highest BCUT2D eigenvalue weighted by Crippen LogP contribution is 2.05. The highest BCUT2D eigenvalue weighted by atomic mass is 16.5. The first kappa shape index (κ1) is 21.7. The minimum Gasteiger partial charge on any atom is -0.469 e. The van der Waals surface area contributed by atoms with E-state index in [0.717, 1.165) is 32.0 Å². The molecule has 0 saturated heterocycles. The first-order valence-corrected chi connectivity index (χ1v) is 8.69. The predicted molar refractivity (Wildman–Crippen MR) is 96.8 cm³/mol. The molecule has 0 spiro atoms. The van der Waals surface area contributed by atoms with Crippen molar-refractivity contribution in [3.05, 3.63) is 0 Å². The third kappa shape index (κ3) is 9.43. The van der Waals surface area contributed by atoms with Gasteiger partial charge in [-0.25, -0.2) is 0 Å². The number of methoxy groups -OCH3 is 1. The van der Waals surface area contributed by atoms with E-state index in [0.29, 0.717) is 18.6 Å². The maximum absolute atomic E-state index is 11.4. The lowest BCUT2D eigenvalue weighted by atomic mass is 10.2. The van der Waals surface area contributed by atoms with Crippen LogP contribution in [0.3, 0.4) is 0 Å². The van der Waals surface area contributed by atoms with Crippen molar-refractivity contribution in [3.63, 3.8) is 0 Å². The third-order valence-corrected chi connectivity index (χ3v) is 3.68. The minimum absolute atomic E-state index is 0.228. The molecule has 6 nitrogen and oxygen atoms in total. The Morgan fingerprint density at radius 3 is 2.22 bits per heavy atom. The van der Waals surface area contributed by atoms with Crippen molar-refractivity contribution >= 4 is 11.9 Å². The van der Waals surface area contributed by atoms with Gasteiger partial charge < -0.3 is 15.4 Å². The zero-order valence-electron chi connectivity index (χ0n) is 16.0. The Hall–Kier alpha value is -1.30. The van der Waals surface area contributed by atoms with Gasteiger partial charge in [-0.15, -0.1) is 0 Å². The SMILES string of the molecule is CCNC(=NCC(C)C(=O)OC)NCCCN(C(C)C)C(C)C. The van der Waals surface area contributed by atoms with Crippen LogP contribution in [0.2, 0.25) is 0 Å². The molecule has 23 heavy (non-hydrogen) atoms. The molecule has 0 aromatic heterocycles. The third-order valence-electron chi connectivity index (χ3n) is 3.68. The Morgan fingerprint density at radius 1 is 1.13 bits per heavy atom. The Labute approximate surface area is 142 Å². The molecule has 1 unspecified atom stereocenters. The van der Waals surface area contributed by atoms with Crippen LogP contribution in [0.15, 0.2) is 4.99 Å². The number of carbonyl (C=O) groups is 1. The average Bonchev–Trinajstić information content (AvgIpc) is 2.50. The number of hydrogen-bond donors (Lipinski definition) is 2. The van der Waals surface area contributed by atoms with E-state index >= 15 is 0 Å². The fourth-order valence-electron chi connectivity index (χ4n) is 2.43. The second-order valence-electron chi connectivity index (χ2n) is 6.35. The van der Waals surface area contributed by atoms with E-state index in [1.807, 2.05) is 13.8 Å². The normalized spacial score (nSPS) is 13.6. The molecular formula is C17H36N4O2. The molecule has 136 valence electrons. The summed E-state index contributed by atoms with van der Waals surface area (Å²) >= 11 is 0. The molecule has 0 saturated carbocycles. The summed E-state index contributed by atoms with van der Waals surface area (Å²) in [6.45, 7) is 15.9. The minimum atomic E-state index is -0.229. The van der Waals surface area contributed by atoms with Gasteiger partial charge in [0.2, 0.25) is 0 Å². The lowest BCUT2D eigenvalue weighted by Crippen LogP contribution is -2.41. The van der Waals surface area contributed by atoms with Crippen molar-refractivity contribution in [2.75, 3.05) is 33.3 Å². The molecule has 0 bridgehead atoms. The van der Waals surface area contributed by atoms with Crippen LogP contribution in [-0.4, -0.2) is 62.2 Å². The van der Waals surface area contributed by atoms with Crippen molar-refractivity contribution in [1.82, 2.24) is 15.5 Å². The number of carbonyl (C=O) groups excluding carboxylic acids is 1. The summed E-state index contributed by atoms with van der Waals surface area (Å²) in [6, 6.07) is 1.11. The smallest absolute Gasteiger partial charge is 0.310 e. The Balaban J connectivity index is 4.30. The second kappa shape index (κ2) is 12.2. The van der Waals surface area contributed by atoms with E-state index in [-0.39, 0.29) is 11.9 Å². The topological polar surface area (TPSA) is 66.0 Å². The summed E-state index contributed by atoms with van der Waals surface area (Å²) in [6.07, 6.45) is 1.05. The molecule has 0 fully saturated rings. The Kier molecular flexibility index (Phi) is 11.5. The average molecular weight is 329 g/mol. The van der Waals surface area contributed by atoms with Gasteiger partial charge in [0.05, 0.1) is 19.6 Å². The van der Waals surface area contributed by atoms with Gasteiger partial charge in [0.25, 0.3) is 0 Å². The van der Waals surface area contributed by atoms with Crippen LogP contribution in [0.25, 0.3) is 0 Å². The summed E-state index contributed by atoms with van der Waals surface area (Å²) in [5.41, 5.74) is 0. The molecule has 0 aliphatic heterocycles. The summed E-state index contributed by atoms with van der Waals surface area (Å²) in [7, 11) is 1.40. The number of ether oxygens (including phenoxy) is 1. The summed E-state index contributed by atoms with van der Waals surface area (Å²) in [4.78, 5) is 18.3. The highest BCUT2D eigenvalue weighted by molar-refractivity contribution is 5.80. The van der Waals surface area contributed by atoms with E-state index in [9.17, 15) is 4.79 Å². The van der Waals surface area contributed by atoms with E-state index in [2.05, 4.69) is 48.2 Å². The van der Waals surface area contributed by atoms with Crippen LogP contribution in [0.4, 0.5) is 0 Å². The summed E-state index contributed by atoms with van der Waals surface area (Å²) < 4.78 is 4.72. The second-order valence-corrected chi connectivity index (χ2v) is 6.35. The van der Waals surface area contributed by atoms with Crippen LogP contribution < -0.4 is 10.6 Å². The molecule has 0 heterocycles. The standard InChI is InChI=1S/C17H36N4O2/c1-8-18-17(20-12-15(6)16(22)23-7)19-10-9-11-21(13(2)3)14(4)5/h13-15H,8-12H2,1-7H3,(H2,18,19,20). The number of aliphatic imine (C=N–C) groups is 1. The van der Waals surface area contributed by atoms with Crippen molar-refractivity contribution in [2.24, 2.45) is 10.9 Å². The quantitative estimate of drug-likeness (QED) is 0.277. The molecule has 0 aliphatic carbocycles. The molecule has 0 aromatic rings. The fourth-order valence-corrected chi connectivity index (χ4v) is 2.43. The van der Waals surface area contributed by atoms with Crippen molar-refractivity contribution < 1.29 is 9.53 Å². The number of rotatable bonds is 10. The van der Waals surface area contributed by atoms with Gasteiger partial charge in [-0.05, 0) is 41.0 Å². The van der Waals surface area contributed by atoms with Crippen LogP contribution >= 0.6 is 0 Å². The summed E-state index contributed by atoms with van der Waals surface area (Å²) in [5.74, 6) is 0.297. The molecule has 0 amide bonds. The highest BCUT2D eigenvalue weighted by Gasteiger charge is 2.13. The van der Waals surface area contributed by atoms with Crippen LogP contribution in [0, 0.1) is 5.92 Å². The van der Waals surface area contributed by atoms with Gasteiger partial charge in [0.1, 0.15) is 0 Å². The molecule has 6 heteroatoms. The Morgan fingerprint density at radius 2 is 1.74 bits per heavy atom. The number of nitrogens with zero attached hydrogens (tertiary/aromatic N) is 2. The Bertz CT molecular complexity index is 349. The lowest BCUT2D eigenvalue weighted by molar-refractivity contribution is -0.144. The largest absolute Gasteiger partial charge is 0.469 e. The molecule has 0 radical (unpaired) electrons. The van der Waals surface area contributed by atoms with Crippen molar-refractivity contribution in [3.8, 4) is 0 Å². The number of hydrogen-bond acceptors (Lipinski definition) is 4. The van der Waals surface area contributed by atoms with E-state index in [1.165, 1.54) is 7.11 Å². The van der Waals surface area contributed by atoms with Crippen LogP contribution in [-0.2, 0) is 9.53 Å². The van der Waals surface area contributed by atoms with Gasteiger partial charge in [0, 0.05) is 31.7 Å². The summed E-state index contributed by atoms with van der Waals surface area (Å²) in [5, 5.41) is 6.53. The van der Waals surface area contributed by atoms with Crippen LogP contribution in [0.5, 0.6) is 0 Å². The predicted octanol–water partition coefficient (Wildman–Crippen LogP) is 1.86.